The molecule has 0 unspecified atom stereocenters. The summed E-state index contributed by atoms with van der Waals surface area (Å²) in [6.07, 6.45) is 2.81. The fourth-order valence-corrected chi connectivity index (χ4v) is 6.94. The van der Waals surface area contributed by atoms with Crippen LogP contribution in [0.1, 0.15) is 78.5 Å². The molecule has 1 aliphatic rings. The predicted molar refractivity (Wildman–Crippen MR) is 228 cm³/mol. The Bertz CT molecular complexity index is 1960. The van der Waals surface area contributed by atoms with Crippen molar-refractivity contribution < 1.29 is 58.5 Å². The van der Waals surface area contributed by atoms with Gasteiger partial charge in [-0.05, 0) is 54.7 Å². The lowest BCUT2D eigenvalue weighted by atomic mass is 9.98. The van der Waals surface area contributed by atoms with Gasteiger partial charge in [-0.3, -0.25) is 38.4 Å². The number of nitrogens with one attached hydrogen (secondary N) is 7. The molecule has 1 aliphatic heterocycles. The molecule has 1 aromatic carbocycles. The van der Waals surface area contributed by atoms with Crippen LogP contribution in [0.3, 0.4) is 0 Å². The number of carbonyl (C=O) groups excluding carboxylic acids is 7. The van der Waals surface area contributed by atoms with Crippen molar-refractivity contribution in [1.82, 2.24) is 46.8 Å². The van der Waals surface area contributed by atoms with Crippen molar-refractivity contribution in [3.05, 3.63) is 48.0 Å². The van der Waals surface area contributed by atoms with Gasteiger partial charge in [-0.1, -0.05) is 53.7 Å². The van der Waals surface area contributed by atoms with Gasteiger partial charge in [-0.15, -0.1) is 0 Å². The van der Waals surface area contributed by atoms with E-state index in [-0.39, 0.29) is 44.4 Å². The number of aromatic amines is 1. The second-order valence-electron chi connectivity index (χ2n) is 16.8. The number of hydrogen-bond acceptors (Lipinski definition) is 12. The molecule has 1 fully saturated rings. The number of carbonyl (C=O) groups is 9. The molecule has 0 bridgehead atoms. The van der Waals surface area contributed by atoms with E-state index in [9.17, 15) is 53.4 Å². The molecule has 0 radical (unpaired) electrons. The highest BCUT2D eigenvalue weighted by Crippen LogP contribution is 2.21. The minimum atomic E-state index is -1.36. The fraction of sp³-hybridized carbons (Fsp3) is 0.571. The van der Waals surface area contributed by atoms with Crippen LogP contribution < -0.4 is 37.6 Å². The number of imidazole rings is 1. The van der Waals surface area contributed by atoms with Crippen LogP contribution in [-0.2, 0) is 56.0 Å². The van der Waals surface area contributed by atoms with Gasteiger partial charge in [0, 0.05) is 37.7 Å². The number of nitrogens with zero attached hydrogens (tertiary/aromatic N) is 2. The summed E-state index contributed by atoms with van der Waals surface area (Å²) in [7, 11) is 0. The minimum absolute atomic E-state index is 0.0528. The highest BCUT2D eigenvalue weighted by atomic mass is 16.4. The smallest absolute Gasteiger partial charge is 0.326 e. The van der Waals surface area contributed by atoms with Crippen LogP contribution in [0.15, 0.2) is 36.8 Å². The number of carboxylic acid groups (broad SMARTS) is 2. The number of aromatic nitrogens is 2. The zero-order chi connectivity index (χ0) is 47.8. The molecule has 2 heterocycles. The lowest BCUT2D eigenvalue weighted by molar-refractivity contribution is -0.146. The third kappa shape index (κ3) is 15.6. The fourth-order valence-electron chi connectivity index (χ4n) is 6.94. The molecule has 2 aromatic rings. The molecule has 22 nitrogen and oxygen atoms in total. The molecule has 0 aliphatic carbocycles. The van der Waals surface area contributed by atoms with E-state index in [0.717, 1.165) is 0 Å². The monoisotopic (exact) mass is 898 g/mol. The van der Waals surface area contributed by atoms with Crippen molar-refractivity contribution in [2.24, 2.45) is 23.5 Å². The van der Waals surface area contributed by atoms with Gasteiger partial charge in [0.1, 0.15) is 42.0 Å². The summed E-state index contributed by atoms with van der Waals surface area (Å²) >= 11 is 0. The summed E-state index contributed by atoms with van der Waals surface area (Å²) in [6.45, 7) is 9.43. The van der Waals surface area contributed by atoms with E-state index < -0.39 is 120 Å². The topological polar surface area (TPSA) is 344 Å². The maximum absolute atomic E-state index is 14.2. The van der Waals surface area contributed by atoms with Gasteiger partial charge in [0.15, 0.2) is 0 Å². The number of phenols is 1. The molecule has 7 amide bonds. The van der Waals surface area contributed by atoms with Gasteiger partial charge in [-0.2, -0.15) is 0 Å². The Morgan fingerprint density at radius 2 is 1.36 bits per heavy atom. The second kappa shape index (κ2) is 24.3. The number of aromatic hydroxyl groups is 1. The number of benzene rings is 1. The highest BCUT2D eigenvalue weighted by molar-refractivity contribution is 5.97. The van der Waals surface area contributed by atoms with Gasteiger partial charge >= 0.3 is 11.9 Å². The molecule has 0 saturated carbocycles. The number of nitrogens with two attached hydrogens (primary N) is 1. The number of carboxylic acids is 2. The molecule has 3 rings (SSSR count). The Balaban J connectivity index is 1.83. The van der Waals surface area contributed by atoms with E-state index in [1.165, 1.54) is 41.7 Å². The molecular formula is C42H62N10O12. The van der Waals surface area contributed by atoms with Gasteiger partial charge in [-0.25, -0.2) is 9.78 Å². The lowest BCUT2D eigenvalue weighted by Crippen LogP contribution is -2.61. The quantitative estimate of drug-likeness (QED) is 0.0582. The lowest BCUT2D eigenvalue weighted by Gasteiger charge is -2.31. The number of amides is 7. The SMILES string of the molecule is CC(C)[C@@H](NC(=O)[C@H]1CCCN1C(=O)[C@@H](Cc1cnc[nH]1)NC(=O)[C@H](NC(=O)[C@@H](Cc1ccc(O)cc1)NC(=O)[C@H](NC(=O)CNC(=O)[C@H](N)CCC(=O)O)C(C)C)C(C)C)C(=O)O. The average molecular weight is 899 g/mol. The summed E-state index contributed by atoms with van der Waals surface area (Å²) in [5.74, 6) is -9.15. The molecule has 22 heteroatoms. The van der Waals surface area contributed by atoms with Crippen LogP contribution >= 0.6 is 0 Å². The number of phenolic OH excluding ortho intramolecular Hbond substituents is 1. The number of hydrogen-bond donors (Lipinski definition) is 11. The third-order valence-corrected chi connectivity index (χ3v) is 10.6. The predicted octanol–water partition coefficient (Wildman–Crippen LogP) is -1.32. The van der Waals surface area contributed by atoms with Crippen LogP contribution in [0.4, 0.5) is 0 Å². The zero-order valence-electron chi connectivity index (χ0n) is 36.9. The summed E-state index contributed by atoms with van der Waals surface area (Å²) in [5.41, 5.74) is 6.69. The van der Waals surface area contributed by atoms with E-state index in [4.69, 9.17) is 10.8 Å². The Morgan fingerprint density at radius 1 is 0.766 bits per heavy atom. The third-order valence-electron chi connectivity index (χ3n) is 10.6. The van der Waals surface area contributed by atoms with Crippen LogP contribution in [0.5, 0.6) is 5.75 Å². The van der Waals surface area contributed by atoms with Gasteiger partial charge in [0.05, 0.1) is 18.9 Å². The zero-order valence-corrected chi connectivity index (χ0v) is 36.9. The normalized spacial score (nSPS) is 16.5. The van der Waals surface area contributed by atoms with E-state index >= 15 is 0 Å². The van der Waals surface area contributed by atoms with Crippen molar-refractivity contribution in [2.45, 2.75) is 122 Å². The first-order chi connectivity index (χ1) is 30.1. The van der Waals surface area contributed by atoms with Gasteiger partial charge in [0.25, 0.3) is 0 Å². The van der Waals surface area contributed by atoms with Crippen LogP contribution in [-0.4, -0.2) is 139 Å². The summed E-state index contributed by atoms with van der Waals surface area (Å²) in [5, 5.41) is 43.9. The highest BCUT2D eigenvalue weighted by Gasteiger charge is 2.41. The average Bonchev–Trinajstić information content (AvgIpc) is 3.94. The first kappa shape index (κ1) is 51.8. The van der Waals surface area contributed by atoms with Gasteiger partial charge < -0.3 is 62.8 Å². The van der Waals surface area contributed by atoms with Gasteiger partial charge in [0.2, 0.25) is 41.4 Å². The molecule has 12 N–H and O–H groups in total. The van der Waals surface area contributed by atoms with E-state index in [1.54, 1.807) is 41.5 Å². The molecule has 0 spiro atoms. The summed E-state index contributed by atoms with van der Waals surface area (Å²) < 4.78 is 0. The van der Waals surface area contributed by atoms with E-state index in [1.807, 2.05) is 0 Å². The molecule has 1 saturated heterocycles. The molecular weight excluding hydrogens is 837 g/mol. The Labute approximate surface area is 370 Å². The number of aliphatic carboxylic acids is 2. The first-order valence-corrected chi connectivity index (χ1v) is 21.1. The number of H-pyrrole nitrogens is 1. The first-order valence-electron chi connectivity index (χ1n) is 21.1. The Morgan fingerprint density at radius 3 is 1.91 bits per heavy atom. The molecule has 1 aromatic heterocycles. The van der Waals surface area contributed by atoms with Crippen molar-refractivity contribution in [2.75, 3.05) is 13.1 Å². The maximum Gasteiger partial charge on any atom is 0.326 e. The van der Waals surface area contributed by atoms with Crippen LogP contribution in [0.25, 0.3) is 0 Å². The van der Waals surface area contributed by atoms with Crippen LogP contribution in [0.2, 0.25) is 0 Å². The number of rotatable bonds is 24. The van der Waals surface area contributed by atoms with Crippen LogP contribution in [0, 0.1) is 17.8 Å². The Kier molecular flexibility index (Phi) is 19.7. The molecule has 7 atom stereocenters. The minimum Gasteiger partial charge on any atom is -0.508 e. The maximum atomic E-state index is 14.2. The molecule has 352 valence electrons. The van der Waals surface area contributed by atoms with E-state index in [2.05, 4.69) is 41.9 Å². The second-order valence-corrected chi connectivity index (χ2v) is 16.8. The standard InChI is InChI=1S/C42H62N10O12/c1-21(2)33(49-31(54)19-45-36(57)27(43)13-14-32(55)56)39(60)47-28(16-24-9-11-26(53)12-10-24)37(58)50-34(22(3)4)40(61)48-29(17-25-18-44-20-46-25)41(62)52-15-7-8-30(52)38(59)51-35(23(5)6)42(63)64/h9-12,18,20-23,27-30,33-35,53H,7-8,13-17,19,43H2,1-6H3,(H,44,46)(H,45,57)(H,47,60)(H,48,61)(H,49,54)(H,50,58)(H,51,59)(H,55,56)(H,63,64)/t27-,28-,29-,30-,33-,34-,35-/m1/s1. The van der Waals surface area contributed by atoms with E-state index in [0.29, 0.717) is 17.7 Å². The van der Waals surface area contributed by atoms with Crippen molar-refractivity contribution >= 4 is 53.3 Å². The largest absolute Gasteiger partial charge is 0.508 e. The number of likely N-dealkylation sites (tertiary alicyclic amines) is 1. The van der Waals surface area contributed by atoms with Crippen molar-refractivity contribution in [3.63, 3.8) is 0 Å². The molecule has 64 heavy (non-hydrogen) atoms. The van der Waals surface area contributed by atoms with Crippen molar-refractivity contribution in [1.29, 1.82) is 0 Å². The summed E-state index contributed by atoms with van der Waals surface area (Å²) in [6, 6.07) is -2.70. The Hall–Kier alpha value is -6.58. The summed E-state index contributed by atoms with van der Waals surface area (Å²) in [4.78, 5) is 126. The van der Waals surface area contributed by atoms with Crippen molar-refractivity contribution in [3.8, 4) is 5.75 Å².